The minimum absolute atomic E-state index is 0.0700. The molecule has 1 N–H and O–H groups in total. The minimum atomic E-state index is -1.02. The molecule has 7 heterocycles. The number of fused-ring (bicyclic) bond motifs is 4. The fourth-order valence-corrected chi connectivity index (χ4v) is 9.80. The van der Waals surface area contributed by atoms with Crippen LogP contribution in [0.3, 0.4) is 0 Å². The molecule has 5 aliphatic heterocycles. The highest BCUT2D eigenvalue weighted by atomic mass is 35.5. The molecule has 300 valence electrons. The molecular weight excluding hydrogens is 788 g/mol. The van der Waals surface area contributed by atoms with Gasteiger partial charge in [0.2, 0.25) is 11.8 Å². The maximum Gasteiger partial charge on any atom is 0.266 e. The summed E-state index contributed by atoms with van der Waals surface area (Å²) in [5.41, 5.74) is 5.11. The molecule has 3 atom stereocenters. The number of dihydropyridines is 1. The second-order valence-corrected chi connectivity index (χ2v) is 17.0. The number of aliphatic imine (C=N–C) groups is 2. The third-order valence-corrected chi connectivity index (χ3v) is 13.1. The molecule has 4 aromatic rings. The minimum Gasteiger partial charge on any atom is -0.492 e. The number of likely N-dealkylation sites (tertiary alicyclic amines) is 1. The number of carbonyl (C=O) groups excluding carboxylic acids is 4. The fraction of sp³-hybridized carbons (Fsp3) is 0.364. The third-order valence-electron chi connectivity index (χ3n) is 11.7. The van der Waals surface area contributed by atoms with Crippen LogP contribution < -0.4 is 10.1 Å². The number of carbonyl (C=O) groups is 4. The predicted molar refractivity (Wildman–Crippen MR) is 224 cm³/mol. The molecule has 0 spiro atoms. The van der Waals surface area contributed by atoms with E-state index >= 15 is 0 Å². The van der Waals surface area contributed by atoms with Crippen LogP contribution in [0.4, 0.5) is 0 Å². The average Bonchev–Trinajstić information content (AvgIpc) is 3.83. The highest BCUT2D eigenvalue weighted by molar-refractivity contribution is 7.15. The summed E-state index contributed by atoms with van der Waals surface area (Å²) in [4.78, 5) is 65.2. The Morgan fingerprint density at radius 1 is 0.966 bits per heavy atom. The van der Waals surface area contributed by atoms with Crippen LogP contribution in [0.25, 0.3) is 5.00 Å². The lowest BCUT2D eigenvalue weighted by atomic mass is 9.96. The zero-order chi connectivity index (χ0) is 40.9. The van der Waals surface area contributed by atoms with Gasteiger partial charge in [-0.3, -0.25) is 43.9 Å². The normalized spacial score (nSPS) is 21.8. The Hall–Kier alpha value is -5.75. The Morgan fingerprint density at radius 3 is 2.51 bits per heavy atom. The lowest BCUT2D eigenvalue weighted by Crippen LogP contribution is -2.54. The number of thiophene rings is 1. The molecule has 0 radical (unpaired) electrons. The molecule has 4 amide bonds. The van der Waals surface area contributed by atoms with Crippen molar-refractivity contribution >= 4 is 58.0 Å². The predicted octanol–water partition coefficient (Wildman–Crippen LogP) is 5.68. The van der Waals surface area contributed by atoms with E-state index in [1.54, 1.807) is 29.5 Å². The molecule has 59 heavy (non-hydrogen) atoms. The Morgan fingerprint density at radius 2 is 1.76 bits per heavy atom. The SMILES string of the molecule is Cc1c(C#CC2=NCC(CN3CCC(COc4cccc5c4C(=O)N(C4CCC(=O)NC4=O)C5=O)CC3)C=C2)sc2c1C(c1ccc(Cl)cc1)=N[C@@H](C)c1nnc(C)n1-2. The molecular formula is C44H41ClN8O5S. The number of aromatic nitrogens is 3. The van der Waals surface area contributed by atoms with Gasteiger partial charge in [-0.15, -0.1) is 21.5 Å². The summed E-state index contributed by atoms with van der Waals surface area (Å²) in [5, 5.41) is 12.8. The van der Waals surface area contributed by atoms with Crippen molar-refractivity contribution in [1.29, 1.82) is 0 Å². The van der Waals surface area contributed by atoms with Gasteiger partial charge in [0.25, 0.3) is 11.8 Å². The van der Waals surface area contributed by atoms with Gasteiger partial charge in [0, 0.05) is 41.6 Å². The molecule has 2 aromatic heterocycles. The number of benzene rings is 2. The maximum atomic E-state index is 13.5. The van der Waals surface area contributed by atoms with Crippen LogP contribution in [0.2, 0.25) is 5.02 Å². The second-order valence-electron chi connectivity index (χ2n) is 15.6. The molecule has 0 saturated carbocycles. The number of amides is 4. The number of ether oxygens (including phenoxy) is 1. The summed E-state index contributed by atoms with van der Waals surface area (Å²) >= 11 is 7.86. The summed E-state index contributed by atoms with van der Waals surface area (Å²) in [6.45, 7) is 9.91. The van der Waals surface area contributed by atoms with Crippen molar-refractivity contribution in [3.8, 4) is 22.6 Å². The molecule has 2 aromatic carbocycles. The van der Waals surface area contributed by atoms with Gasteiger partial charge >= 0.3 is 0 Å². The molecule has 15 heteroatoms. The number of hydrogen-bond acceptors (Lipinski definition) is 11. The number of nitrogens with one attached hydrogen (secondary N) is 1. The zero-order valence-corrected chi connectivity index (χ0v) is 34.4. The van der Waals surface area contributed by atoms with Crippen molar-refractivity contribution < 1.29 is 23.9 Å². The summed E-state index contributed by atoms with van der Waals surface area (Å²) in [7, 11) is 0. The van der Waals surface area contributed by atoms with Crippen molar-refractivity contribution in [1.82, 2.24) is 29.9 Å². The number of nitrogens with zero attached hydrogens (tertiary/aromatic N) is 7. The van der Waals surface area contributed by atoms with E-state index in [1.165, 1.54) is 0 Å². The van der Waals surface area contributed by atoms with Crippen LogP contribution in [-0.2, 0) is 9.59 Å². The number of allylic oxidation sites excluding steroid dienone is 1. The monoisotopic (exact) mass is 828 g/mol. The van der Waals surface area contributed by atoms with E-state index in [1.807, 2.05) is 44.2 Å². The Bertz CT molecular complexity index is 2570. The zero-order valence-electron chi connectivity index (χ0n) is 32.8. The number of imide groups is 2. The van der Waals surface area contributed by atoms with E-state index in [2.05, 4.69) is 49.8 Å². The molecule has 0 aliphatic carbocycles. The third kappa shape index (κ3) is 7.32. The highest BCUT2D eigenvalue weighted by Crippen LogP contribution is 2.39. The standard InChI is InChI=1S/C44H41ClN8O5S/c1-24-35(59-44-37(24)39(29-8-10-30(45)11-9-29)47-25(2)40-50-49-26(3)52(40)44)15-13-31-12-7-28(21-46-31)22-51-19-17-27(18-20-51)23-58-34-6-4-5-32-38(34)43(57)53(42(32)56)33-14-16-36(54)48-41(33)55/h4-12,25,27-28,33H,14,16-23H2,1-3H3,(H,48,54,55)/t25-,28?,33?/m0/s1. The second kappa shape index (κ2) is 15.8. The summed E-state index contributed by atoms with van der Waals surface area (Å²) < 4.78 is 8.30. The summed E-state index contributed by atoms with van der Waals surface area (Å²) in [6, 6.07) is 11.5. The van der Waals surface area contributed by atoms with E-state index in [0.29, 0.717) is 23.9 Å². The molecule has 2 saturated heterocycles. The first-order chi connectivity index (χ1) is 28.5. The van der Waals surface area contributed by atoms with Crippen LogP contribution in [0.5, 0.6) is 5.75 Å². The quantitative estimate of drug-likeness (QED) is 0.185. The summed E-state index contributed by atoms with van der Waals surface area (Å²) in [5.74, 6) is 7.13. The van der Waals surface area contributed by atoms with Gasteiger partial charge in [-0.2, -0.15) is 0 Å². The van der Waals surface area contributed by atoms with Gasteiger partial charge in [0.15, 0.2) is 5.82 Å². The fourth-order valence-electron chi connectivity index (χ4n) is 8.45. The number of rotatable bonds is 7. The van der Waals surface area contributed by atoms with Gasteiger partial charge in [-0.25, -0.2) is 0 Å². The Balaban J connectivity index is 0.806. The van der Waals surface area contributed by atoms with E-state index < -0.39 is 29.7 Å². The first-order valence-corrected chi connectivity index (χ1v) is 21.1. The van der Waals surface area contributed by atoms with Gasteiger partial charge < -0.3 is 9.64 Å². The number of halogens is 1. The van der Waals surface area contributed by atoms with E-state index in [0.717, 1.165) is 87.0 Å². The molecule has 2 unspecified atom stereocenters. The molecule has 5 aliphatic rings. The van der Waals surface area contributed by atoms with E-state index in [4.69, 9.17) is 26.3 Å². The van der Waals surface area contributed by atoms with Gasteiger partial charge in [-0.05, 0) is 107 Å². The van der Waals surface area contributed by atoms with Crippen molar-refractivity contribution in [3.63, 3.8) is 0 Å². The topological polar surface area (TPSA) is 151 Å². The average molecular weight is 829 g/mol. The summed E-state index contributed by atoms with van der Waals surface area (Å²) in [6.07, 6.45) is 6.30. The van der Waals surface area contributed by atoms with Crippen LogP contribution in [0.1, 0.15) is 92.6 Å². The molecule has 9 rings (SSSR count). The van der Waals surface area contributed by atoms with Crippen LogP contribution in [0.15, 0.2) is 64.6 Å². The van der Waals surface area contributed by atoms with Gasteiger partial charge in [0.1, 0.15) is 34.4 Å². The van der Waals surface area contributed by atoms with Crippen LogP contribution in [-0.4, -0.2) is 98.4 Å². The van der Waals surface area contributed by atoms with Crippen molar-refractivity contribution in [2.75, 3.05) is 32.8 Å². The first-order valence-electron chi connectivity index (χ1n) is 19.9. The van der Waals surface area contributed by atoms with Crippen LogP contribution in [0, 0.1) is 37.5 Å². The Labute approximate surface area is 350 Å². The van der Waals surface area contributed by atoms with Gasteiger partial charge in [-0.1, -0.05) is 35.9 Å². The number of hydrogen-bond donors (Lipinski definition) is 1. The Kier molecular flexibility index (Phi) is 10.4. The molecule has 0 bridgehead atoms. The number of aryl methyl sites for hydroxylation is 1. The van der Waals surface area contributed by atoms with Crippen molar-refractivity contribution in [3.05, 3.63) is 104 Å². The van der Waals surface area contributed by atoms with Gasteiger partial charge in [0.05, 0.1) is 28.3 Å². The largest absolute Gasteiger partial charge is 0.492 e. The van der Waals surface area contributed by atoms with E-state index in [-0.39, 0.29) is 41.8 Å². The maximum absolute atomic E-state index is 13.5. The van der Waals surface area contributed by atoms with E-state index in [9.17, 15) is 19.2 Å². The van der Waals surface area contributed by atoms with Crippen molar-refractivity contribution in [2.45, 2.75) is 58.5 Å². The lowest BCUT2D eigenvalue weighted by molar-refractivity contribution is -0.136. The lowest BCUT2D eigenvalue weighted by Gasteiger charge is -2.33. The first kappa shape index (κ1) is 38.8. The highest BCUT2D eigenvalue weighted by Gasteiger charge is 2.46. The number of piperidine rings is 2. The molecule has 2 fully saturated rings. The van der Waals surface area contributed by atoms with Crippen molar-refractivity contribution in [2.24, 2.45) is 21.8 Å². The smallest absolute Gasteiger partial charge is 0.266 e. The molecule has 13 nitrogen and oxygen atoms in total. The van der Waals surface area contributed by atoms with Crippen LogP contribution >= 0.6 is 22.9 Å².